The van der Waals surface area contributed by atoms with Gasteiger partial charge in [0.25, 0.3) is 17.4 Å². The Hall–Kier alpha value is -5.92. The van der Waals surface area contributed by atoms with Gasteiger partial charge in [0.2, 0.25) is 0 Å². The molecule has 0 radical (unpaired) electrons. The second-order valence-electron chi connectivity index (χ2n) is 10.1. The van der Waals surface area contributed by atoms with Crippen LogP contribution in [0.5, 0.6) is 5.88 Å². The Morgan fingerprint density at radius 3 is 2.08 bits per heavy atom. The number of nitrogens with two attached hydrogens (primary N) is 2. The molecule has 0 unspecified atom stereocenters. The van der Waals surface area contributed by atoms with Crippen molar-refractivity contribution in [2.45, 2.75) is 0 Å². The molecule has 0 bridgehead atoms. The van der Waals surface area contributed by atoms with Gasteiger partial charge in [-0.05, 0) is 77.7 Å². The normalized spacial score (nSPS) is 13.9. The van der Waals surface area contributed by atoms with E-state index in [0.717, 1.165) is 12.2 Å². The van der Waals surface area contributed by atoms with Gasteiger partial charge in [0, 0.05) is 29.3 Å². The van der Waals surface area contributed by atoms with Crippen LogP contribution in [0.1, 0.15) is 11.1 Å². The molecule has 17 nitrogen and oxygen atoms in total. The number of aromatic amines is 1. The second-order valence-corrected chi connectivity index (χ2v) is 10.1. The number of H-pyrrole nitrogens is 1. The molecule has 2 aromatic carbocycles. The summed E-state index contributed by atoms with van der Waals surface area (Å²) in [4.78, 5) is 93.7. The first-order chi connectivity index (χ1) is 23.4. The fourth-order valence-corrected chi connectivity index (χ4v) is 4.69. The summed E-state index contributed by atoms with van der Waals surface area (Å²) < 4.78 is 0.690. The molecule has 4 aromatic rings. The van der Waals surface area contributed by atoms with Gasteiger partial charge < -0.3 is 27.2 Å². The number of hydrogen-bond acceptors (Lipinski definition) is 9. The Labute approximate surface area is 323 Å². The van der Waals surface area contributed by atoms with Crippen LogP contribution in [0.2, 0.25) is 0 Å². The average Bonchev–Trinajstić information content (AvgIpc) is 3.03. The zero-order valence-electron chi connectivity index (χ0n) is 26.0. The number of imide groups is 2. The Morgan fingerprint density at radius 2 is 1.46 bits per heavy atom. The van der Waals surface area contributed by atoms with Gasteiger partial charge >= 0.3 is 75.2 Å². The van der Waals surface area contributed by atoms with Crippen LogP contribution in [-0.2, 0) is 9.59 Å². The zero-order chi connectivity index (χ0) is 35.2. The van der Waals surface area contributed by atoms with Crippen molar-refractivity contribution in [1.82, 2.24) is 19.9 Å². The largest absolute Gasteiger partial charge is 1.00 e. The fraction of sp³-hybridized carbons (Fsp3) is 0. The molecule has 50 heavy (non-hydrogen) atoms. The Balaban J connectivity index is 0.00000562. The van der Waals surface area contributed by atoms with Gasteiger partial charge in [-0.2, -0.15) is 0 Å². The Morgan fingerprint density at radius 1 is 0.860 bits per heavy atom. The SMILES string of the molecule is NC(=O)Nc1cccc(N2C(=O)NC(=O)C(=CC=C(C=Cc3c([O-])n(-c4cccc(NC(N)=O)c4)c(=O)[nH]c3=O)c3ccncc3)C2=O)c1.[K+]. The molecule has 8 N–H and O–H groups in total. The molecule has 246 valence electrons. The number of anilines is 3. The fourth-order valence-electron chi connectivity index (χ4n) is 4.69. The molecule has 8 amide bonds. The first-order valence-electron chi connectivity index (χ1n) is 14.0. The summed E-state index contributed by atoms with van der Waals surface area (Å²) in [6.45, 7) is 0. The summed E-state index contributed by atoms with van der Waals surface area (Å²) in [6.07, 6.45) is 7.87. The topological polar surface area (TPSA) is 268 Å². The zero-order valence-corrected chi connectivity index (χ0v) is 29.1. The molecule has 0 saturated carbocycles. The third kappa shape index (κ3) is 8.37. The number of rotatable bonds is 8. The monoisotopic (exact) mass is 701 g/mol. The summed E-state index contributed by atoms with van der Waals surface area (Å²) in [5.41, 5.74) is 8.56. The number of pyridine rings is 1. The maximum Gasteiger partial charge on any atom is 1.00 e. The van der Waals surface area contributed by atoms with E-state index in [1.807, 2.05) is 0 Å². The molecule has 5 rings (SSSR count). The molecule has 0 aliphatic carbocycles. The molecule has 0 spiro atoms. The molecular weight excluding hydrogens is 678 g/mol. The number of benzene rings is 2. The molecule has 3 heterocycles. The van der Waals surface area contributed by atoms with E-state index in [0.29, 0.717) is 15.0 Å². The van der Waals surface area contributed by atoms with Gasteiger partial charge in [0.05, 0.1) is 11.4 Å². The number of allylic oxidation sites excluding steroid dienone is 4. The third-order valence-corrected chi connectivity index (χ3v) is 6.82. The van der Waals surface area contributed by atoms with Crippen LogP contribution in [0, 0.1) is 0 Å². The summed E-state index contributed by atoms with van der Waals surface area (Å²) >= 11 is 0. The quantitative estimate of drug-likeness (QED) is 0.0528. The minimum absolute atomic E-state index is 0. The first kappa shape index (κ1) is 36.9. The van der Waals surface area contributed by atoms with Gasteiger partial charge in [-0.3, -0.25) is 34.2 Å². The van der Waals surface area contributed by atoms with Gasteiger partial charge in [-0.1, -0.05) is 24.3 Å². The van der Waals surface area contributed by atoms with Gasteiger partial charge in [-0.15, -0.1) is 0 Å². The summed E-state index contributed by atoms with van der Waals surface area (Å²) in [5, 5.41) is 20.2. The number of carbonyl (C=O) groups excluding carboxylic acids is 5. The summed E-state index contributed by atoms with van der Waals surface area (Å²) in [5.74, 6) is -2.97. The number of hydrogen-bond donors (Lipinski definition) is 6. The van der Waals surface area contributed by atoms with E-state index >= 15 is 0 Å². The maximum absolute atomic E-state index is 13.4. The Kier molecular flexibility index (Phi) is 11.8. The third-order valence-electron chi connectivity index (χ3n) is 6.82. The second kappa shape index (κ2) is 16.0. The maximum atomic E-state index is 13.4. The molecule has 0 atom stereocenters. The molecular formula is C32H24KN9O8. The van der Waals surface area contributed by atoms with Crippen molar-refractivity contribution < 1.29 is 80.5 Å². The molecule has 18 heteroatoms. The minimum atomic E-state index is -1.03. The number of aromatic nitrogens is 3. The summed E-state index contributed by atoms with van der Waals surface area (Å²) in [7, 11) is 0. The predicted molar refractivity (Wildman–Crippen MR) is 175 cm³/mol. The van der Waals surface area contributed by atoms with E-state index in [1.54, 1.807) is 12.1 Å². The smallest absolute Gasteiger partial charge is 0.859 e. The van der Waals surface area contributed by atoms with E-state index < -0.39 is 58.2 Å². The Bertz CT molecular complexity index is 2240. The molecule has 1 fully saturated rings. The van der Waals surface area contributed by atoms with Gasteiger partial charge in [-0.25, -0.2) is 24.1 Å². The molecule has 1 saturated heterocycles. The van der Waals surface area contributed by atoms with E-state index in [2.05, 4.69) is 25.9 Å². The van der Waals surface area contributed by atoms with E-state index in [-0.39, 0.29) is 79.7 Å². The van der Waals surface area contributed by atoms with Crippen molar-refractivity contribution in [2.24, 2.45) is 11.5 Å². The van der Waals surface area contributed by atoms with Crippen molar-refractivity contribution >= 4 is 58.6 Å². The van der Waals surface area contributed by atoms with Crippen LogP contribution < -0.4 is 100 Å². The van der Waals surface area contributed by atoms with Crippen molar-refractivity contribution in [1.29, 1.82) is 0 Å². The van der Waals surface area contributed by atoms with Crippen molar-refractivity contribution in [2.75, 3.05) is 15.5 Å². The van der Waals surface area contributed by atoms with Crippen molar-refractivity contribution in [3.8, 4) is 11.6 Å². The van der Waals surface area contributed by atoms with E-state index in [1.165, 1.54) is 73.1 Å². The predicted octanol–water partition coefficient (Wildman–Crippen LogP) is -1.71. The van der Waals surface area contributed by atoms with Gasteiger partial charge in [0.15, 0.2) is 0 Å². The summed E-state index contributed by atoms with van der Waals surface area (Å²) in [6, 6.07) is 11.6. The average molecular weight is 702 g/mol. The molecule has 1 aliphatic heterocycles. The van der Waals surface area contributed by atoms with Crippen LogP contribution >= 0.6 is 0 Å². The standard InChI is InChI=1S/C32H25N9O8.K/c33-29(46)36-19-3-1-5-21(15-19)40-27(44)23(25(42)38-31(40)48)9-7-17(18-11-13-35-14-12-18)8-10-24-26(43)39-32(49)41(28(24)45)22-6-2-4-20(16-22)37-30(34)47;/h1-16,44H,(H3,33,36,46)(H3,34,37,47)(H,38,42,48)(H,39,43,49);/q;+1/p-1. The molecule has 2 aromatic heterocycles. The minimum Gasteiger partial charge on any atom is -0.859 e. The molecule has 1 aliphatic rings. The van der Waals surface area contributed by atoms with Crippen molar-refractivity contribution in [3.05, 3.63) is 129 Å². The van der Waals surface area contributed by atoms with E-state index in [9.17, 15) is 38.7 Å². The number of carbonyl (C=O) groups is 5. The van der Waals surface area contributed by atoms with Crippen LogP contribution in [-0.4, -0.2) is 44.4 Å². The van der Waals surface area contributed by atoms with Crippen LogP contribution in [0.15, 0.2) is 106 Å². The van der Waals surface area contributed by atoms with Crippen molar-refractivity contribution in [3.63, 3.8) is 0 Å². The number of urea groups is 3. The van der Waals surface area contributed by atoms with E-state index in [4.69, 9.17) is 11.5 Å². The number of nitrogens with one attached hydrogen (secondary N) is 4. The number of nitrogens with zero attached hydrogens (tertiary/aromatic N) is 3. The number of primary amides is 2. The number of amides is 8. The number of barbiturate groups is 1. The van der Waals surface area contributed by atoms with Crippen LogP contribution in [0.25, 0.3) is 17.3 Å². The first-order valence-corrected chi connectivity index (χ1v) is 14.0. The van der Waals surface area contributed by atoms with Crippen LogP contribution in [0.4, 0.5) is 31.4 Å². The van der Waals surface area contributed by atoms with Gasteiger partial charge in [0.1, 0.15) is 5.57 Å². The van der Waals surface area contributed by atoms with Crippen LogP contribution in [0.3, 0.4) is 0 Å².